The number of hydrazine groups is 1. The Morgan fingerprint density at radius 2 is 2.39 bits per heavy atom. The van der Waals surface area contributed by atoms with Crippen LogP contribution in [-0.4, -0.2) is 25.1 Å². The molecule has 0 aromatic heterocycles. The van der Waals surface area contributed by atoms with E-state index in [1.54, 1.807) is 6.07 Å². The van der Waals surface area contributed by atoms with Crippen molar-refractivity contribution in [2.24, 2.45) is 5.84 Å². The highest BCUT2D eigenvalue weighted by atomic mass is 16.5. The number of para-hydroxylation sites is 1. The molecule has 6 heteroatoms. The number of ether oxygens (including phenoxy) is 1. The fourth-order valence-corrected chi connectivity index (χ4v) is 2.10. The highest BCUT2D eigenvalue weighted by Gasteiger charge is 2.27. The van der Waals surface area contributed by atoms with Gasteiger partial charge in [0.25, 0.3) is 5.91 Å². The third kappa shape index (κ3) is 2.33. The fourth-order valence-electron chi connectivity index (χ4n) is 2.10. The number of nitrogen functional groups attached to an aromatic ring is 1. The first-order valence-electron chi connectivity index (χ1n) is 5.95. The number of benzene rings is 1. The lowest BCUT2D eigenvalue weighted by Crippen LogP contribution is -2.46. The van der Waals surface area contributed by atoms with Crippen LogP contribution in [0.15, 0.2) is 18.2 Å². The van der Waals surface area contributed by atoms with Gasteiger partial charge in [-0.15, -0.1) is 0 Å². The van der Waals surface area contributed by atoms with Crippen LogP contribution >= 0.6 is 0 Å². The van der Waals surface area contributed by atoms with Crippen molar-refractivity contribution in [3.05, 3.63) is 18.2 Å². The number of carbonyl (C=O) groups excluding carboxylic acids is 1. The van der Waals surface area contributed by atoms with Crippen molar-refractivity contribution >= 4 is 17.3 Å². The Labute approximate surface area is 106 Å². The predicted molar refractivity (Wildman–Crippen MR) is 70.1 cm³/mol. The van der Waals surface area contributed by atoms with Crippen LogP contribution in [0.5, 0.6) is 5.75 Å². The van der Waals surface area contributed by atoms with E-state index < -0.39 is 0 Å². The van der Waals surface area contributed by atoms with Crippen molar-refractivity contribution in [1.29, 1.82) is 0 Å². The van der Waals surface area contributed by atoms with Crippen LogP contribution in [0, 0.1) is 0 Å². The molecule has 1 heterocycles. The minimum absolute atomic E-state index is 0.0601. The van der Waals surface area contributed by atoms with Gasteiger partial charge in [-0.1, -0.05) is 13.0 Å². The maximum atomic E-state index is 11.4. The number of nitrogens with two attached hydrogens (primary N) is 2. The highest BCUT2D eigenvalue weighted by molar-refractivity contribution is 5.85. The number of nitrogens with one attached hydrogen (secondary N) is 1. The summed E-state index contributed by atoms with van der Waals surface area (Å²) in [6.07, 6.45) is 0.930. The molecular weight excluding hydrogens is 232 g/mol. The molecule has 0 fully saturated rings. The van der Waals surface area contributed by atoms with Crippen LogP contribution in [0.1, 0.15) is 13.3 Å². The Hall–Kier alpha value is -1.95. The number of rotatable bonds is 3. The third-order valence-corrected chi connectivity index (χ3v) is 3.01. The van der Waals surface area contributed by atoms with Crippen LogP contribution in [0.4, 0.5) is 11.4 Å². The van der Waals surface area contributed by atoms with Crippen molar-refractivity contribution in [3.63, 3.8) is 0 Å². The van der Waals surface area contributed by atoms with Crippen LogP contribution in [0.2, 0.25) is 0 Å². The van der Waals surface area contributed by atoms with Crippen molar-refractivity contribution in [2.75, 3.05) is 23.7 Å². The van der Waals surface area contributed by atoms with Crippen molar-refractivity contribution < 1.29 is 9.53 Å². The Balaban J connectivity index is 2.32. The second-order valence-electron chi connectivity index (χ2n) is 4.29. The third-order valence-electron chi connectivity index (χ3n) is 3.01. The van der Waals surface area contributed by atoms with E-state index in [-0.39, 0.29) is 18.6 Å². The van der Waals surface area contributed by atoms with Crippen molar-refractivity contribution in [3.8, 4) is 5.75 Å². The number of hydrogen-bond donors (Lipinski definition) is 3. The van der Waals surface area contributed by atoms with E-state index in [4.69, 9.17) is 16.3 Å². The summed E-state index contributed by atoms with van der Waals surface area (Å²) in [6.45, 7) is 2.85. The lowest BCUT2D eigenvalue weighted by molar-refractivity contribution is -0.119. The van der Waals surface area contributed by atoms with E-state index in [2.05, 4.69) is 5.43 Å². The van der Waals surface area contributed by atoms with Gasteiger partial charge in [-0.2, -0.15) is 0 Å². The number of amides is 1. The van der Waals surface area contributed by atoms with Crippen molar-refractivity contribution in [2.45, 2.75) is 19.4 Å². The molecule has 5 N–H and O–H groups in total. The molecule has 1 aromatic rings. The van der Waals surface area contributed by atoms with Crippen LogP contribution < -0.4 is 26.6 Å². The largest absolute Gasteiger partial charge is 0.486 e. The molecule has 6 nitrogen and oxygen atoms in total. The molecule has 98 valence electrons. The first kappa shape index (κ1) is 12.5. The smallest absolute Gasteiger partial charge is 0.253 e. The lowest BCUT2D eigenvalue weighted by Gasteiger charge is -2.36. The average molecular weight is 250 g/mol. The topological polar surface area (TPSA) is 93.6 Å². The fraction of sp³-hybridized carbons (Fsp3) is 0.417. The first-order chi connectivity index (χ1) is 8.65. The molecule has 18 heavy (non-hydrogen) atoms. The van der Waals surface area contributed by atoms with Crippen LogP contribution in [-0.2, 0) is 4.79 Å². The minimum Gasteiger partial charge on any atom is -0.486 e. The maximum Gasteiger partial charge on any atom is 0.253 e. The van der Waals surface area contributed by atoms with Gasteiger partial charge in [0.05, 0.1) is 18.8 Å². The zero-order valence-corrected chi connectivity index (χ0v) is 10.3. The Bertz CT molecular complexity index is 450. The SMILES string of the molecule is CCC1CN(CC(=O)NN)c2c(N)cccc2O1. The molecule has 0 aliphatic carbocycles. The molecule has 1 amide bonds. The Morgan fingerprint density at radius 3 is 3.06 bits per heavy atom. The molecule has 0 saturated heterocycles. The zero-order chi connectivity index (χ0) is 13.1. The van der Waals surface area contributed by atoms with Gasteiger partial charge in [0, 0.05) is 0 Å². The van der Waals surface area contributed by atoms with Gasteiger partial charge in [0.2, 0.25) is 0 Å². The van der Waals surface area contributed by atoms with Gasteiger partial charge in [0.15, 0.2) is 0 Å². The summed E-state index contributed by atoms with van der Waals surface area (Å²) in [4.78, 5) is 13.3. The van der Waals surface area contributed by atoms with E-state index in [0.29, 0.717) is 12.2 Å². The van der Waals surface area contributed by atoms with Gasteiger partial charge < -0.3 is 15.4 Å². The summed E-state index contributed by atoms with van der Waals surface area (Å²) in [7, 11) is 0. The Kier molecular flexibility index (Phi) is 3.57. The van der Waals surface area contributed by atoms with Crippen molar-refractivity contribution in [1.82, 2.24) is 5.43 Å². The number of fused-ring (bicyclic) bond motifs is 1. The summed E-state index contributed by atoms with van der Waals surface area (Å²) < 4.78 is 5.82. The number of hydrogen-bond acceptors (Lipinski definition) is 5. The molecule has 0 radical (unpaired) electrons. The zero-order valence-electron chi connectivity index (χ0n) is 10.3. The first-order valence-corrected chi connectivity index (χ1v) is 5.95. The normalized spacial score (nSPS) is 17.9. The molecule has 1 aliphatic heterocycles. The second-order valence-corrected chi connectivity index (χ2v) is 4.29. The molecular formula is C12H18N4O2. The standard InChI is InChI=1S/C12H18N4O2/c1-2-8-6-16(7-11(17)15-14)12-9(13)4-3-5-10(12)18-8/h3-5,8H,2,6-7,13-14H2,1H3,(H,15,17). The summed E-state index contributed by atoms with van der Waals surface area (Å²) in [6, 6.07) is 5.50. The molecule has 0 bridgehead atoms. The van der Waals surface area contributed by atoms with E-state index >= 15 is 0 Å². The predicted octanol–water partition coefficient (Wildman–Crippen LogP) is 0.236. The van der Waals surface area contributed by atoms with E-state index in [0.717, 1.165) is 17.9 Å². The molecule has 1 atom stereocenters. The number of nitrogens with zero attached hydrogens (tertiary/aromatic N) is 1. The quantitative estimate of drug-likeness (QED) is 0.309. The summed E-state index contributed by atoms with van der Waals surface area (Å²) >= 11 is 0. The lowest BCUT2D eigenvalue weighted by atomic mass is 10.1. The molecule has 1 aromatic carbocycles. The summed E-state index contributed by atoms with van der Waals surface area (Å²) in [5.41, 5.74) is 9.46. The van der Waals surface area contributed by atoms with Crippen LogP contribution in [0.3, 0.4) is 0 Å². The molecule has 1 unspecified atom stereocenters. The molecule has 2 rings (SSSR count). The van der Waals surface area contributed by atoms with Gasteiger partial charge in [-0.25, -0.2) is 5.84 Å². The minimum atomic E-state index is -0.249. The van der Waals surface area contributed by atoms with Gasteiger partial charge >= 0.3 is 0 Å². The van der Waals surface area contributed by atoms with Gasteiger partial charge in [-0.05, 0) is 18.6 Å². The second kappa shape index (κ2) is 5.14. The van der Waals surface area contributed by atoms with E-state index in [1.807, 2.05) is 24.0 Å². The number of anilines is 2. The van der Waals surface area contributed by atoms with Crippen LogP contribution in [0.25, 0.3) is 0 Å². The number of carbonyl (C=O) groups is 1. The monoisotopic (exact) mass is 250 g/mol. The van der Waals surface area contributed by atoms with E-state index in [9.17, 15) is 4.79 Å². The van der Waals surface area contributed by atoms with E-state index in [1.165, 1.54) is 0 Å². The Morgan fingerprint density at radius 1 is 1.61 bits per heavy atom. The summed E-state index contributed by atoms with van der Waals surface area (Å²) in [5, 5.41) is 0. The average Bonchev–Trinajstić information content (AvgIpc) is 2.38. The van der Waals surface area contributed by atoms with Gasteiger partial charge in [0.1, 0.15) is 17.5 Å². The maximum absolute atomic E-state index is 11.4. The molecule has 0 spiro atoms. The summed E-state index contributed by atoms with van der Waals surface area (Å²) in [5.74, 6) is 5.60. The van der Waals surface area contributed by atoms with Gasteiger partial charge in [-0.3, -0.25) is 10.2 Å². The molecule has 1 aliphatic rings. The highest BCUT2D eigenvalue weighted by Crippen LogP contribution is 2.38. The molecule has 0 saturated carbocycles.